The van der Waals surface area contributed by atoms with Crippen molar-refractivity contribution in [3.8, 4) is 0 Å². The molecule has 1 rings (SSSR count). The van der Waals surface area contributed by atoms with Crippen LogP contribution in [0.2, 0.25) is 0 Å². The molecule has 0 aliphatic carbocycles. The highest BCUT2D eigenvalue weighted by molar-refractivity contribution is 5.77. The molecule has 1 N–H and O–H groups in total. The summed E-state index contributed by atoms with van der Waals surface area (Å²) in [7, 11) is 0. The third-order valence-electron chi connectivity index (χ3n) is 6.86. The molecule has 2 atom stereocenters. The molecule has 0 aliphatic heterocycles. The summed E-state index contributed by atoms with van der Waals surface area (Å²) in [4.78, 5) is 11.4. The summed E-state index contributed by atoms with van der Waals surface area (Å²) in [6.07, 6.45) is 5.70. The Hall–Kier alpha value is -1.55. The van der Waals surface area contributed by atoms with Gasteiger partial charge in [-0.3, -0.25) is 4.79 Å². The molecule has 0 heterocycles. The molecular formula is C34H61NO7. The number of rotatable bonds is 28. The quantitative estimate of drug-likeness (QED) is 0.116. The van der Waals surface area contributed by atoms with Gasteiger partial charge in [0.1, 0.15) is 6.61 Å². The Morgan fingerprint density at radius 1 is 0.548 bits per heavy atom. The van der Waals surface area contributed by atoms with Crippen LogP contribution in [-0.2, 0) is 46.4 Å². The van der Waals surface area contributed by atoms with Crippen LogP contribution in [0.5, 0.6) is 0 Å². The first-order chi connectivity index (χ1) is 20.3. The zero-order valence-electron chi connectivity index (χ0n) is 27.5. The summed E-state index contributed by atoms with van der Waals surface area (Å²) in [6, 6.07) is 8.70. The monoisotopic (exact) mass is 595 g/mol. The minimum atomic E-state index is -0.106. The van der Waals surface area contributed by atoms with Crippen LogP contribution in [0.25, 0.3) is 0 Å². The van der Waals surface area contributed by atoms with Crippen LogP contribution in [-0.4, -0.2) is 78.0 Å². The van der Waals surface area contributed by atoms with Crippen molar-refractivity contribution in [2.45, 2.75) is 92.9 Å². The first kappa shape index (κ1) is 38.5. The van der Waals surface area contributed by atoms with E-state index in [0.717, 1.165) is 39.1 Å². The highest BCUT2D eigenvalue weighted by atomic mass is 16.6. The summed E-state index contributed by atoms with van der Waals surface area (Å²) in [6.45, 7) is 19.7. The number of carbonyl (C=O) groups is 1. The lowest BCUT2D eigenvalue weighted by Gasteiger charge is -2.16. The number of amides is 1. The van der Waals surface area contributed by atoms with Gasteiger partial charge in [0.2, 0.25) is 5.91 Å². The summed E-state index contributed by atoms with van der Waals surface area (Å²) in [5.74, 6) is 1.88. The largest absolute Gasteiger partial charge is 0.379 e. The number of hydrogen-bond acceptors (Lipinski definition) is 7. The number of carbonyl (C=O) groups excluding carboxylic acids is 1. The number of hydrogen-bond donors (Lipinski definition) is 1. The van der Waals surface area contributed by atoms with E-state index < -0.39 is 0 Å². The molecule has 42 heavy (non-hydrogen) atoms. The Kier molecular flexibility index (Phi) is 23.7. The standard InChI is InChI=1S/C34H61NO7/c1-28(2)13-16-40-25-32-9-11-33(12-10-32)26-41-18-15-31(6)8-7-30(5)14-17-37-19-20-38-21-22-39-23-24-42-27-34(36)35-29(3)4/h9-12,28-31H,7-8,13-27H2,1-6H3,(H,35,36). The Bertz CT molecular complexity index is 757. The fraction of sp³-hybridized carbons (Fsp3) is 0.794. The summed E-state index contributed by atoms with van der Waals surface area (Å²) in [5, 5.41) is 2.78. The van der Waals surface area contributed by atoms with Crippen molar-refractivity contribution in [2.75, 3.05) is 66.1 Å². The van der Waals surface area contributed by atoms with Gasteiger partial charge in [-0.2, -0.15) is 0 Å². The van der Waals surface area contributed by atoms with Gasteiger partial charge in [0.25, 0.3) is 0 Å². The van der Waals surface area contributed by atoms with Crippen LogP contribution in [0.3, 0.4) is 0 Å². The lowest BCUT2D eigenvalue weighted by atomic mass is 9.94. The van der Waals surface area contributed by atoms with Crippen molar-refractivity contribution < 1.29 is 33.2 Å². The summed E-state index contributed by atoms with van der Waals surface area (Å²) in [5.41, 5.74) is 2.43. The first-order valence-electron chi connectivity index (χ1n) is 16.1. The maximum atomic E-state index is 11.4. The van der Waals surface area contributed by atoms with Crippen LogP contribution in [0.15, 0.2) is 24.3 Å². The molecule has 0 aliphatic rings. The van der Waals surface area contributed by atoms with E-state index in [1.807, 2.05) is 13.8 Å². The highest BCUT2D eigenvalue weighted by Gasteiger charge is 2.08. The van der Waals surface area contributed by atoms with Crippen LogP contribution < -0.4 is 5.32 Å². The number of benzene rings is 1. The lowest BCUT2D eigenvalue weighted by molar-refractivity contribution is -0.126. The minimum Gasteiger partial charge on any atom is -0.379 e. The van der Waals surface area contributed by atoms with E-state index in [-0.39, 0.29) is 18.6 Å². The van der Waals surface area contributed by atoms with Gasteiger partial charge in [-0.25, -0.2) is 0 Å². The van der Waals surface area contributed by atoms with E-state index in [4.69, 9.17) is 28.4 Å². The maximum Gasteiger partial charge on any atom is 0.246 e. The molecule has 244 valence electrons. The molecule has 0 saturated heterocycles. The van der Waals surface area contributed by atoms with Crippen molar-refractivity contribution in [3.63, 3.8) is 0 Å². The van der Waals surface area contributed by atoms with Gasteiger partial charge in [-0.1, -0.05) is 64.8 Å². The van der Waals surface area contributed by atoms with Crippen molar-refractivity contribution in [1.29, 1.82) is 0 Å². The van der Waals surface area contributed by atoms with E-state index in [2.05, 4.69) is 57.3 Å². The lowest BCUT2D eigenvalue weighted by Crippen LogP contribution is -2.33. The molecule has 2 unspecified atom stereocenters. The summed E-state index contributed by atoms with van der Waals surface area (Å²) < 4.78 is 33.7. The predicted octanol–water partition coefficient (Wildman–Crippen LogP) is 6.19. The van der Waals surface area contributed by atoms with E-state index in [9.17, 15) is 4.79 Å². The first-order valence-corrected chi connectivity index (χ1v) is 16.1. The topological polar surface area (TPSA) is 84.5 Å². The van der Waals surface area contributed by atoms with Crippen LogP contribution in [0.1, 0.15) is 84.8 Å². The van der Waals surface area contributed by atoms with Crippen LogP contribution >= 0.6 is 0 Å². The van der Waals surface area contributed by atoms with Crippen molar-refractivity contribution in [1.82, 2.24) is 5.32 Å². The Morgan fingerprint density at radius 3 is 1.40 bits per heavy atom. The van der Waals surface area contributed by atoms with Crippen molar-refractivity contribution in [3.05, 3.63) is 35.4 Å². The Morgan fingerprint density at radius 2 is 0.952 bits per heavy atom. The molecule has 0 fully saturated rings. The van der Waals surface area contributed by atoms with Gasteiger partial charge in [0.05, 0.1) is 52.9 Å². The van der Waals surface area contributed by atoms with Gasteiger partial charge in [0.15, 0.2) is 0 Å². The third kappa shape index (κ3) is 24.0. The third-order valence-corrected chi connectivity index (χ3v) is 6.86. The molecule has 0 saturated carbocycles. The number of nitrogens with one attached hydrogen (secondary N) is 1. The van der Waals surface area contributed by atoms with E-state index >= 15 is 0 Å². The normalized spacial score (nSPS) is 13.1. The molecule has 0 spiro atoms. The fourth-order valence-corrected chi connectivity index (χ4v) is 4.05. The smallest absolute Gasteiger partial charge is 0.246 e. The molecule has 0 bridgehead atoms. The predicted molar refractivity (Wildman–Crippen MR) is 169 cm³/mol. The van der Waals surface area contributed by atoms with E-state index in [1.54, 1.807) is 0 Å². The molecule has 1 aromatic carbocycles. The SMILES string of the molecule is CC(C)CCOCc1ccc(COCCC(C)CCC(C)CCOCCOCCOCCOCC(=O)NC(C)C)cc1. The van der Waals surface area contributed by atoms with Crippen molar-refractivity contribution >= 4 is 5.91 Å². The maximum absolute atomic E-state index is 11.4. The molecule has 1 aromatic rings. The highest BCUT2D eigenvalue weighted by Crippen LogP contribution is 2.18. The van der Waals surface area contributed by atoms with Gasteiger partial charge in [-0.05, 0) is 62.0 Å². The minimum absolute atomic E-state index is 0.0636. The Labute approximate surface area is 256 Å². The van der Waals surface area contributed by atoms with Gasteiger partial charge in [-0.15, -0.1) is 0 Å². The molecule has 0 aromatic heterocycles. The second-order valence-electron chi connectivity index (χ2n) is 12.1. The Balaban J connectivity index is 1.89. The van der Waals surface area contributed by atoms with E-state index in [1.165, 1.54) is 24.0 Å². The molecular weight excluding hydrogens is 534 g/mol. The fourth-order valence-electron chi connectivity index (χ4n) is 4.05. The second-order valence-corrected chi connectivity index (χ2v) is 12.1. The molecule has 0 radical (unpaired) electrons. The van der Waals surface area contributed by atoms with Crippen LogP contribution in [0.4, 0.5) is 0 Å². The van der Waals surface area contributed by atoms with Gasteiger partial charge >= 0.3 is 0 Å². The molecule has 8 heteroatoms. The molecule has 1 amide bonds. The van der Waals surface area contributed by atoms with E-state index in [0.29, 0.717) is 70.6 Å². The summed E-state index contributed by atoms with van der Waals surface area (Å²) >= 11 is 0. The molecule has 8 nitrogen and oxygen atoms in total. The zero-order chi connectivity index (χ0) is 30.8. The number of ether oxygens (including phenoxy) is 6. The average molecular weight is 596 g/mol. The average Bonchev–Trinajstić information content (AvgIpc) is 2.95. The van der Waals surface area contributed by atoms with Gasteiger partial charge in [0, 0.05) is 25.9 Å². The van der Waals surface area contributed by atoms with Crippen molar-refractivity contribution in [2.24, 2.45) is 17.8 Å². The van der Waals surface area contributed by atoms with Gasteiger partial charge < -0.3 is 33.7 Å². The second kappa shape index (κ2) is 25.9. The zero-order valence-corrected chi connectivity index (χ0v) is 27.5. The van der Waals surface area contributed by atoms with Crippen LogP contribution in [0, 0.1) is 17.8 Å².